The standard InChI is InChI=1S/C15H15F3N2/c1-2-8-20(10-11-4-3-7-19-9-11)13-6-5-12(16)14(17)15(13)18/h3-7,9H,2,8,10H2,1H3. The predicted molar refractivity (Wildman–Crippen MR) is 71.9 cm³/mol. The van der Waals surface area contributed by atoms with Gasteiger partial charge in [0.15, 0.2) is 17.5 Å². The summed E-state index contributed by atoms with van der Waals surface area (Å²) in [6, 6.07) is 5.84. The van der Waals surface area contributed by atoms with Crippen LogP contribution in [0.15, 0.2) is 36.7 Å². The summed E-state index contributed by atoms with van der Waals surface area (Å²) in [7, 11) is 0. The van der Waals surface area contributed by atoms with Gasteiger partial charge in [0.2, 0.25) is 0 Å². The van der Waals surface area contributed by atoms with Gasteiger partial charge in [-0.15, -0.1) is 0 Å². The van der Waals surface area contributed by atoms with Crippen molar-refractivity contribution >= 4 is 5.69 Å². The zero-order valence-corrected chi connectivity index (χ0v) is 11.1. The molecule has 0 atom stereocenters. The Hall–Kier alpha value is -2.04. The van der Waals surface area contributed by atoms with E-state index in [1.54, 1.807) is 23.4 Å². The van der Waals surface area contributed by atoms with Gasteiger partial charge in [-0.1, -0.05) is 13.0 Å². The van der Waals surface area contributed by atoms with Gasteiger partial charge in [0, 0.05) is 25.5 Å². The molecule has 2 rings (SSSR count). The number of halogens is 3. The van der Waals surface area contributed by atoms with Gasteiger partial charge in [-0.05, 0) is 30.2 Å². The normalized spacial score (nSPS) is 10.6. The van der Waals surface area contributed by atoms with Crippen molar-refractivity contribution in [2.45, 2.75) is 19.9 Å². The van der Waals surface area contributed by atoms with Crippen molar-refractivity contribution in [3.63, 3.8) is 0 Å². The number of aromatic nitrogens is 1. The molecule has 0 fully saturated rings. The molecule has 1 heterocycles. The number of rotatable bonds is 5. The lowest BCUT2D eigenvalue weighted by Gasteiger charge is -2.25. The highest BCUT2D eigenvalue weighted by Crippen LogP contribution is 2.25. The van der Waals surface area contributed by atoms with Gasteiger partial charge in [-0.3, -0.25) is 4.98 Å². The Morgan fingerprint density at radius 2 is 1.90 bits per heavy atom. The second kappa shape index (κ2) is 6.41. The lowest BCUT2D eigenvalue weighted by molar-refractivity contribution is 0.446. The van der Waals surface area contributed by atoms with Gasteiger partial charge in [-0.2, -0.15) is 0 Å². The maximum atomic E-state index is 13.9. The Kier molecular flexibility index (Phi) is 4.61. The van der Waals surface area contributed by atoms with Crippen LogP contribution in [0.1, 0.15) is 18.9 Å². The number of pyridine rings is 1. The first-order chi connectivity index (χ1) is 9.63. The van der Waals surface area contributed by atoms with E-state index >= 15 is 0 Å². The molecule has 5 heteroatoms. The summed E-state index contributed by atoms with van der Waals surface area (Å²) >= 11 is 0. The van der Waals surface area contributed by atoms with Crippen LogP contribution in [0.3, 0.4) is 0 Å². The van der Waals surface area contributed by atoms with Crippen LogP contribution < -0.4 is 4.90 Å². The number of anilines is 1. The maximum absolute atomic E-state index is 13.9. The minimum absolute atomic E-state index is 0.0644. The summed E-state index contributed by atoms with van der Waals surface area (Å²) in [5.74, 6) is -3.76. The number of nitrogens with zero attached hydrogens (tertiary/aromatic N) is 2. The molecule has 0 unspecified atom stereocenters. The molecule has 0 saturated heterocycles. The second-order valence-corrected chi connectivity index (χ2v) is 4.48. The van der Waals surface area contributed by atoms with E-state index in [-0.39, 0.29) is 5.69 Å². The Morgan fingerprint density at radius 1 is 1.10 bits per heavy atom. The lowest BCUT2D eigenvalue weighted by Crippen LogP contribution is -2.25. The van der Waals surface area contributed by atoms with Gasteiger partial charge in [-0.25, -0.2) is 13.2 Å². The van der Waals surface area contributed by atoms with Crippen LogP contribution >= 0.6 is 0 Å². The second-order valence-electron chi connectivity index (χ2n) is 4.48. The highest BCUT2D eigenvalue weighted by Gasteiger charge is 2.18. The first-order valence-electron chi connectivity index (χ1n) is 6.40. The van der Waals surface area contributed by atoms with Crippen molar-refractivity contribution in [3.05, 3.63) is 59.7 Å². The molecular weight excluding hydrogens is 265 g/mol. The van der Waals surface area contributed by atoms with Crippen molar-refractivity contribution in [2.24, 2.45) is 0 Å². The third-order valence-electron chi connectivity index (χ3n) is 2.95. The van der Waals surface area contributed by atoms with E-state index in [0.717, 1.165) is 18.1 Å². The number of benzene rings is 1. The molecule has 0 bridgehead atoms. The van der Waals surface area contributed by atoms with E-state index in [1.165, 1.54) is 6.07 Å². The molecule has 0 N–H and O–H groups in total. The Balaban J connectivity index is 2.31. The highest BCUT2D eigenvalue weighted by molar-refractivity contribution is 5.48. The Bertz CT molecular complexity index is 573. The van der Waals surface area contributed by atoms with Gasteiger partial charge in [0.05, 0.1) is 5.69 Å². The first-order valence-corrected chi connectivity index (χ1v) is 6.40. The van der Waals surface area contributed by atoms with Crippen molar-refractivity contribution < 1.29 is 13.2 Å². The molecule has 1 aromatic heterocycles. The first kappa shape index (κ1) is 14.4. The fourth-order valence-corrected chi connectivity index (χ4v) is 2.03. The molecule has 0 aliphatic carbocycles. The zero-order chi connectivity index (χ0) is 14.5. The van der Waals surface area contributed by atoms with Crippen LogP contribution in [0, 0.1) is 17.5 Å². The molecule has 106 valence electrons. The van der Waals surface area contributed by atoms with Gasteiger partial charge in [0.25, 0.3) is 0 Å². The van der Waals surface area contributed by atoms with E-state index in [0.29, 0.717) is 13.1 Å². The fraction of sp³-hybridized carbons (Fsp3) is 0.267. The quantitative estimate of drug-likeness (QED) is 0.772. The van der Waals surface area contributed by atoms with Crippen LogP contribution in [0.2, 0.25) is 0 Å². The smallest absolute Gasteiger partial charge is 0.196 e. The average Bonchev–Trinajstić information content (AvgIpc) is 2.46. The van der Waals surface area contributed by atoms with E-state index in [4.69, 9.17) is 0 Å². The molecule has 0 radical (unpaired) electrons. The average molecular weight is 280 g/mol. The molecule has 2 aromatic rings. The predicted octanol–water partition coefficient (Wildman–Crippen LogP) is 3.92. The highest BCUT2D eigenvalue weighted by atomic mass is 19.2. The van der Waals surface area contributed by atoms with E-state index in [1.807, 2.05) is 13.0 Å². The van der Waals surface area contributed by atoms with Crippen LogP contribution in [-0.4, -0.2) is 11.5 Å². The minimum atomic E-state index is -1.44. The van der Waals surface area contributed by atoms with E-state index in [9.17, 15) is 13.2 Å². The summed E-state index contributed by atoms with van der Waals surface area (Å²) < 4.78 is 40.2. The summed E-state index contributed by atoms with van der Waals surface area (Å²) in [6.45, 7) is 2.87. The summed E-state index contributed by atoms with van der Waals surface area (Å²) in [5, 5.41) is 0. The zero-order valence-electron chi connectivity index (χ0n) is 11.1. The van der Waals surface area contributed by atoms with E-state index < -0.39 is 17.5 Å². The molecule has 20 heavy (non-hydrogen) atoms. The molecular formula is C15H15F3N2. The van der Waals surface area contributed by atoms with Crippen LogP contribution in [0.4, 0.5) is 18.9 Å². The minimum Gasteiger partial charge on any atom is -0.365 e. The summed E-state index contributed by atoms with van der Waals surface area (Å²) in [4.78, 5) is 5.67. The molecule has 0 saturated carbocycles. The molecule has 0 aliphatic heterocycles. The third kappa shape index (κ3) is 3.10. The van der Waals surface area contributed by atoms with Gasteiger partial charge in [0.1, 0.15) is 0 Å². The maximum Gasteiger partial charge on any atom is 0.196 e. The summed E-state index contributed by atoms with van der Waals surface area (Å²) in [5.41, 5.74) is 0.944. The topological polar surface area (TPSA) is 16.1 Å². The van der Waals surface area contributed by atoms with Crippen LogP contribution in [-0.2, 0) is 6.54 Å². The number of hydrogen-bond acceptors (Lipinski definition) is 2. The largest absolute Gasteiger partial charge is 0.365 e. The van der Waals surface area contributed by atoms with Crippen LogP contribution in [0.25, 0.3) is 0 Å². The Morgan fingerprint density at radius 3 is 2.55 bits per heavy atom. The van der Waals surface area contributed by atoms with Crippen molar-refractivity contribution in [1.29, 1.82) is 0 Å². The van der Waals surface area contributed by atoms with Crippen molar-refractivity contribution in [2.75, 3.05) is 11.4 Å². The SMILES string of the molecule is CCCN(Cc1cccnc1)c1ccc(F)c(F)c1F. The van der Waals surface area contributed by atoms with Gasteiger partial charge < -0.3 is 4.90 Å². The van der Waals surface area contributed by atoms with Crippen molar-refractivity contribution in [1.82, 2.24) is 4.98 Å². The summed E-state index contributed by atoms with van der Waals surface area (Å²) in [6.07, 6.45) is 4.07. The molecule has 0 spiro atoms. The number of hydrogen-bond donors (Lipinski definition) is 0. The fourth-order valence-electron chi connectivity index (χ4n) is 2.03. The molecule has 0 amide bonds. The third-order valence-corrected chi connectivity index (χ3v) is 2.95. The van der Waals surface area contributed by atoms with Crippen molar-refractivity contribution in [3.8, 4) is 0 Å². The Labute approximate surface area is 115 Å². The lowest BCUT2D eigenvalue weighted by atomic mass is 10.2. The molecule has 2 nitrogen and oxygen atoms in total. The molecule has 1 aromatic carbocycles. The van der Waals surface area contributed by atoms with Crippen LogP contribution in [0.5, 0.6) is 0 Å². The monoisotopic (exact) mass is 280 g/mol. The van der Waals surface area contributed by atoms with E-state index in [2.05, 4.69) is 4.98 Å². The molecule has 0 aliphatic rings. The van der Waals surface area contributed by atoms with Gasteiger partial charge >= 0.3 is 0 Å².